The number of rotatable bonds is 7. The van der Waals surface area contributed by atoms with Crippen molar-refractivity contribution in [1.82, 2.24) is 20.0 Å². The lowest BCUT2D eigenvalue weighted by Gasteiger charge is -2.21. The molecule has 0 radical (unpaired) electrons. The van der Waals surface area contributed by atoms with Gasteiger partial charge in [-0.3, -0.25) is 9.69 Å². The van der Waals surface area contributed by atoms with Gasteiger partial charge >= 0.3 is 0 Å². The molecule has 1 amide bonds. The maximum absolute atomic E-state index is 12.7. The van der Waals surface area contributed by atoms with Gasteiger partial charge in [-0.15, -0.1) is 10.2 Å². The van der Waals surface area contributed by atoms with Crippen molar-refractivity contribution in [2.24, 2.45) is 0 Å². The zero-order valence-electron chi connectivity index (χ0n) is 17.9. The number of nitrogens with zero attached hydrogens (tertiary/aromatic N) is 4. The van der Waals surface area contributed by atoms with E-state index in [0.29, 0.717) is 24.7 Å². The van der Waals surface area contributed by atoms with Gasteiger partial charge in [0, 0.05) is 38.2 Å². The van der Waals surface area contributed by atoms with Crippen LogP contribution in [-0.4, -0.2) is 59.2 Å². The molecule has 7 nitrogen and oxygen atoms in total. The fourth-order valence-electron chi connectivity index (χ4n) is 3.79. The van der Waals surface area contributed by atoms with Gasteiger partial charge in [0.1, 0.15) is 5.75 Å². The predicted octanol–water partition coefficient (Wildman–Crippen LogP) is 3.41. The number of methoxy groups -OCH3 is 1. The van der Waals surface area contributed by atoms with Crippen molar-refractivity contribution in [3.63, 3.8) is 0 Å². The Morgan fingerprint density at radius 1 is 1.00 bits per heavy atom. The topological polar surface area (TPSA) is 71.7 Å². The van der Waals surface area contributed by atoms with Crippen molar-refractivity contribution < 1.29 is 13.9 Å². The van der Waals surface area contributed by atoms with Crippen molar-refractivity contribution in [2.75, 3.05) is 33.3 Å². The first-order valence-electron chi connectivity index (χ1n) is 10.7. The van der Waals surface area contributed by atoms with Crippen LogP contribution in [0.2, 0.25) is 0 Å². The maximum Gasteiger partial charge on any atom is 0.247 e. The highest BCUT2D eigenvalue weighted by Crippen LogP contribution is 2.18. The van der Waals surface area contributed by atoms with E-state index in [4.69, 9.17) is 9.15 Å². The van der Waals surface area contributed by atoms with E-state index in [1.165, 1.54) is 0 Å². The first kappa shape index (κ1) is 21.1. The molecule has 0 N–H and O–H groups in total. The molecule has 7 heteroatoms. The van der Waals surface area contributed by atoms with Crippen LogP contribution >= 0.6 is 0 Å². The number of carbonyl (C=O) groups is 1. The summed E-state index contributed by atoms with van der Waals surface area (Å²) in [4.78, 5) is 17.0. The lowest BCUT2D eigenvalue weighted by molar-refractivity contribution is -0.131. The first-order valence-corrected chi connectivity index (χ1v) is 10.7. The van der Waals surface area contributed by atoms with E-state index in [-0.39, 0.29) is 5.91 Å². The first-order chi connectivity index (χ1) is 15.2. The van der Waals surface area contributed by atoms with E-state index in [9.17, 15) is 4.79 Å². The highest BCUT2D eigenvalue weighted by Gasteiger charge is 2.20. The number of benzene rings is 2. The molecule has 0 spiro atoms. The summed E-state index contributed by atoms with van der Waals surface area (Å²) >= 11 is 0. The summed E-state index contributed by atoms with van der Waals surface area (Å²) in [7, 11) is 1.65. The van der Waals surface area contributed by atoms with Crippen LogP contribution in [0.25, 0.3) is 11.5 Å². The van der Waals surface area contributed by atoms with Crippen molar-refractivity contribution in [3.8, 4) is 17.2 Å². The Kier molecular flexibility index (Phi) is 6.94. The minimum atomic E-state index is 0.210. The van der Waals surface area contributed by atoms with Gasteiger partial charge in [0.2, 0.25) is 17.7 Å². The average molecular weight is 421 g/mol. The summed E-state index contributed by atoms with van der Waals surface area (Å²) in [6, 6.07) is 17.7. The number of aryl methyl sites for hydroxylation is 1. The Hall–Kier alpha value is -3.19. The normalized spacial score (nSPS) is 14.9. The molecule has 0 atom stereocenters. The Labute approximate surface area is 182 Å². The van der Waals surface area contributed by atoms with E-state index in [2.05, 4.69) is 15.1 Å². The average Bonchev–Trinajstić information content (AvgIpc) is 3.16. The van der Waals surface area contributed by atoms with E-state index >= 15 is 0 Å². The standard InChI is InChI=1S/C24H28N4O3/c1-30-21-11-8-19(9-12-21)10-13-23(29)28-15-5-14-27(16-17-28)18-22-25-26-24(31-22)20-6-3-2-4-7-20/h2-4,6-9,11-12H,5,10,13-18H2,1H3. The largest absolute Gasteiger partial charge is 0.497 e. The van der Waals surface area contributed by atoms with Gasteiger partial charge in [-0.1, -0.05) is 30.3 Å². The van der Waals surface area contributed by atoms with Crippen molar-refractivity contribution in [3.05, 3.63) is 66.1 Å². The van der Waals surface area contributed by atoms with Crippen LogP contribution in [-0.2, 0) is 17.8 Å². The van der Waals surface area contributed by atoms with Crippen molar-refractivity contribution >= 4 is 5.91 Å². The monoisotopic (exact) mass is 420 g/mol. The SMILES string of the molecule is COc1ccc(CCC(=O)N2CCCN(Cc3nnc(-c4ccccc4)o3)CC2)cc1. The van der Waals surface area contributed by atoms with Crippen LogP contribution in [0.5, 0.6) is 5.75 Å². The molecular formula is C24H28N4O3. The second-order valence-electron chi connectivity index (χ2n) is 7.73. The molecule has 1 saturated heterocycles. The number of aromatic nitrogens is 2. The van der Waals surface area contributed by atoms with E-state index in [1.54, 1.807) is 7.11 Å². The lowest BCUT2D eigenvalue weighted by Crippen LogP contribution is -2.35. The Morgan fingerprint density at radius 3 is 2.58 bits per heavy atom. The van der Waals surface area contributed by atoms with Gasteiger partial charge in [-0.2, -0.15) is 0 Å². The van der Waals surface area contributed by atoms with E-state index in [0.717, 1.165) is 55.9 Å². The zero-order chi connectivity index (χ0) is 21.5. The van der Waals surface area contributed by atoms with Gasteiger partial charge in [0.05, 0.1) is 13.7 Å². The summed E-state index contributed by atoms with van der Waals surface area (Å²) in [5.74, 6) is 2.19. The number of hydrogen-bond donors (Lipinski definition) is 0. The van der Waals surface area contributed by atoms with Crippen LogP contribution in [0.3, 0.4) is 0 Å². The quantitative estimate of drug-likeness (QED) is 0.583. The summed E-state index contributed by atoms with van der Waals surface area (Å²) in [5.41, 5.74) is 2.07. The summed E-state index contributed by atoms with van der Waals surface area (Å²) in [6.45, 7) is 3.83. The third kappa shape index (κ3) is 5.70. The van der Waals surface area contributed by atoms with Crippen LogP contribution in [0.4, 0.5) is 0 Å². The second kappa shape index (κ2) is 10.2. The highest BCUT2D eigenvalue weighted by molar-refractivity contribution is 5.76. The molecule has 162 valence electrons. The van der Waals surface area contributed by atoms with Crippen molar-refractivity contribution in [2.45, 2.75) is 25.8 Å². The van der Waals surface area contributed by atoms with E-state index < -0.39 is 0 Å². The molecule has 1 aliphatic heterocycles. The van der Waals surface area contributed by atoms with Crippen LogP contribution in [0.15, 0.2) is 59.0 Å². The van der Waals surface area contributed by atoms with E-state index in [1.807, 2.05) is 59.5 Å². The third-order valence-corrected chi connectivity index (χ3v) is 5.57. The summed E-state index contributed by atoms with van der Waals surface area (Å²) in [5, 5.41) is 8.37. The van der Waals surface area contributed by atoms with Gasteiger partial charge < -0.3 is 14.1 Å². The lowest BCUT2D eigenvalue weighted by atomic mass is 10.1. The third-order valence-electron chi connectivity index (χ3n) is 5.57. The fourth-order valence-corrected chi connectivity index (χ4v) is 3.79. The predicted molar refractivity (Wildman–Crippen MR) is 118 cm³/mol. The molecule has 0 unspecified atom stereocenters. The molecular weight excluding hydrogens is 392 g/mol. The van der Waals surface area contributed by atoms with Gasteiger partial charge in [-0.05, 0) is 42.7 Å². The minimum Gasteiger partial charge on any atom is -0.497 e. The van der Waals surface area contributed by atoms with Crippen LogP contribution in [0, 0.1) is 0 Å². The fraction of sp³-hybridized carbons (Fsp3) is 0.375. The molecule has 4 rings (SSSR count). The molecule has 0 saturated carbocycles. The molecule has 2 aromatic carbocycles. The number of carbonyl (C=O) groups excluding carboxylic acids is 1. The second-order valence-corrected chi connectivity index (χ2v) is 7.73. The molecule has 1 fully saturated rings. The molecule has 1 aromatic heterocycles. The van der Waals surface area contributed by atoms with Gasteiger partial charge in [0.25, 0.3) is 0 Å². The molecule has 31 heavy (non-hydrogen) atoms. The Balaban J connectivity index is 1.26. The smallest absolute Gasteiger partial charge is 0.247 e. The highest BCUT2D eigenvalue weighted by atomic mass is 16.5. The van der Waals surface area contributed by atoms with Gasteiger partial charge in [0.15, 0.2) is 0 Å². The molecule has 0 aliphatic carbocycles. The molecule has 0 bridgehead atoms. The van der Waals surface area contributed by atoms with Crippen molar-refractivity contribution in [1.29, 1.82) is 0 Å². The molecule has 2 heterocycles. The van der Waals surface area contributed by atoms with Crippen LogP contribution < -0.4 is 4.74 Å². The number of amides is 1. The molecule has 1 aliphatic rings. The Morgan fingerprint density at radius 2 is 1.81 bits per heavy atom. The summed E-state index contributed by atoms with van der Waals surface area (Å²) in [6.07, 6.45) is 2.21. The number of hydrogen-bond acceptors (Lipinski definition) is 6. The van der Waals surface area contributed by atoms with Gasteiger partial charge in [-0.25, -0.2) is 0 Å². The number of ether oxygens (including phenoxy) is 1. The Bertz CT molecular complexity index is 972. The zero-order valence-corrected chi connectivity index (χ0v) is 17.9. The molecule has 3 aromatic rings. The summed E-state index contributed by atoms with van der Waals surface area (Å²) < 4.78 is 11.0. The maximum atomic E-state index is 12.7. The van der Waals surface area contributed by atoms with Crippen LogP contribution in [0.1, 0.15) is 24.3 Å². The minimum absolute atomic E-state index is 0.210.